The number of fused-ring (bicyclic) bond motifs is 1. The lowest BCUT2D eigenvalue weighted by atomic mass is 10.1. The van der Waals surface area contributed by atoms with Gasteiger partial charge in [0.1, 0.15) is 11.4 Å². The molecule has 5 aromatic rings. The van der Waals surface area contributed by atoms with Crippen molar-refractivity contribution in [2.45, 2.75) is 65.0 Å². The standard InChI is InChI=1S/C38H43ClN4O3Si/c1-37(2,3)46-36(45)40-22-21-35(44)43-31-20-18-30(23-26(31)24-34-41-32-19-17-27(39)25-33(32)42-34)47(38(4,5)6,28-13-9-7-10-14-28)29-15-11-8-12-16-29/h7-20,23,25H,21-22,24H2,1-6H3,(H,40,45)(H,41,42)(H,43,44). The van der Waals surface area contributed by atoms with E-state index in [2.05, 4.69) is 109 Å². The van der Waals surface area contributed by atoms with Crippen LogP contribution >= 0.6 is 11.6 Å². The minimum absolute atomic E-state index is 0.0955. The fourth-order valence-electron chi connectivity index (χ4n) is 6.37. The van der Waals surface area contributed by atoms with E-state index in [0.29, 0.717) is 17.1 Å². The molecule has 0 aliphatic carbocycles. The normalized spacial score (nSPS) is 12.1. The minimum atomic E-state index is -2.65. The Kier molecular flexibility index (Phi) is 9.93. The average molecular weight is 667 g/mol. The molecule has 3 N–H and O–H groups in total. The van der Waals surface area contributed by atoms with Crippen LogP contribution in [-0.2, 0) is 16.0 Å². The quantitative estimate of drug-likeness (QED) is 0.117. The van der Waals surface area contributed by atoms with Gasteiger partial charge < -0.3 is 20.4 Å². The summed E-state index contributed by atoms with van der Waals surface area (Å²) in [5.41, 5.74) is 2.71. The second-order valence-electron chi connectivity index (χ2n) is 13.9. The monoisotopic (exact) mass is 666 g/mol. The van der Waals surface area contributed by atoms with Gasteiger partial charge in [-0.3, -0.25) is 4.79 Å². The molecule has 0 atom stereocenters. The number of carbonyl (C=O) groups is 2. The third kappa shape index (κ3) is 7.77. The topological polar surface area (TPSA) is 96.1 Å². The number of imidazole rings is 1. The molecular weight excluding hydrogens is 624 g/mol. The summed E-state index contributed by atoms with van der Waals surface area (Å²) >= 11 is 6.27. The van der Waals surface area contributed by atoms with Gasteiger partial charge >= 0.3 is 6.09 Å². The van der Waals surface area contributed by atoms with Gasteiger partial charge in [-0.1, -0.05) is 105 Å². The lowest BCUT2D eigenvalue weighted by molar-refractivity contribution is -0.116. The number of rotatable bonds is 9. The van der Waals surface area contributed by atoms with Gasteiger partial charge in [0.2, 0.25) is 5.91 Å². The van der Waals surface area contributed by atoms with E-state index in [9.17, 15) is 9.59 Å². The predicted octanol–water partition coefficient (Wildman–Crippen LogP) is 6.93. The van der Waals surface area contributed by atoms with Crippen LogP contribution < -0.4 is 26.2 Å². The van der Waals surface area contributed by atoms with Crippen molar-refractivity contribution in [3.63, 3.8) is 0 Å². The van der Waals surface area contributed by atoms with Crippen LogP contribution in [0.4, 0.5) is 10.5 Å². The highest BCUT2D eigenvalue weighted by Crippen LogP contribution is 2.36. The Morgan fingerprint density at radius 1 is 0.830 bits per heavy atom. The van der Waals surface area contributed by atoms with Crippen LogP contribution in [0.5, 0.6) is 0 Å². The number of alkyl carbamates (subject to hydrolysis) is 1. The summed E-state index contributed by atoms with van der Waals surface area (Å²) in [6, 6.07) is 33.6. The van der Waals surface area contributed by atoms with Crippen molar-refractivity contribution < 1.29 is 14.3 Å². The van der Waals surface area contributed by atoms with Crippen LogP contribution in [0.2, 0.25) is 10.1 Å². The van der Waals surface area contributed by atoms with E-state index in [0.717, 1.165) is 22.4 Å². The Morgan fingerprint density at radius 3 is 2.06 bits per heavy atom. The molecule has 0 spiro atoms. The molecule has 7 nitrogen and oxygen atoms in total. The minimum Gasteiger partial charge on any atom is -0.444 e. The van der Waals surface area contributed by atoms with Crippen molar-refractivity contribution in [2.75, 3.05) is 11.9 Å². The fraction of sp³-hybridized carbons (Fsp3) is 0.289. The number of carbonyl (C=O) groups excluding carboxylic acids is 2. The van der Waals surface area contributed by atoms with Gasteiger partial charge in [-0.2, -0.15) is 0 Å². The van der Waals surface area contributed by atoms with Crippen molar-refractivity contribution in [1.29, 1.82) is 0 Å². The largest absolute Gasteiger partial charge is 0.444 e. The smallest absolute Gasteiger partial charge is 0.407 e. The van der Waals surface area contributed by atoms with Crippen LogP contribution in [0.25, 0.3) is 11.0 Å². The van der Waals surface area contributed by atoms with E-state index in [1.807, 2.05) is 24.3 Å². The number of benzene rings is 4. The van der Waals surface area contributed by atoms with E-state index >= 15 is 0 Å². The van der Waals surface area contributed by atoms with E-state index in [1.165, 1.54) is 15.6 Å². The average Bonchev–Trinajstić information content (AvgIpc) is 3.39. The number of amides is 2. The second-order valence-corrected chi connectivity index (χ2v) is 19.0. The maximum atomic E-state index is 13.2. The second kappa shape index (κ2) is 13.8. The number of ether oxygens (including phenoxy) is 1. The molecule has 9 heteroatoms. The Balaban J connectivity index is 1.57. The number of aromatic nitrogens is 2. The van der Waals surface area contributed by atoms with E-state index < -0.39 is 19.8 Å². The molecule has 0 unspecified atom stereocenters. The highest BCUT2D eigenvalue weighted by molar-refractivity contribution is 7.13. The van der Waals surface area contributed by atoms with Crippen LogP contribution in [0, 0.1) is 0 Å². The predicted molar refractivity (Wildman–Crippen MR) is 195 cm³/mol. The van der Waals surface area contributed by atoms with E-state index in [-0.39, 0.29) is 23.9 Å². The van der Waals surface area contributed by atoms with Crippen molar-refractivity contribution in [3.05, 3.63) is 113 Å². The maximum Gasteiger partial charge on any atom is 0.407 e. The summed E-state index contributed by atoms with van der Waals surface area (Å²) < 4.78 is 5.30. The molecule has 0 saturated carbocycles. The molecule has 0 aliphatic heterocycles. The van der Waals surface area contributed by atoms with Crippen LogP contribution in [-0.4, -0.2) is 42.2 Å². The zero-order valence-corrected chi connectivity index (χ0v) is 29.7. The number of aromatic amines is 1. The summed E-state index contributed by atoms with van der Waals surface area (Å²) in [6.45, 7) is 12.5. The molecule has 0 fully saturated rings. The number of H-pyrrole nitrogens is 1. The summed E-state index contributed by atoms with van der Waals surface area (Å²) in [7, 11) is -2.65. The van der Waals surface area contributed by atoms with Crippen LogP contribution in [0.15, 0.2) is 97.1 Å². The van der Waals surface area contributed by atoms with E-state index in [4.69, 9.17) is 21.3 Å². The number of halogens is 1. The SMILES string of the molecule is CC(C)(C)OC(=O)NCCC(=O)Nc1ccc([Si](c2ccccc2)(c2ccccc2)C(C)(C)C)cc1Cc1nc2ccc(Cl)cc2[nH]1. The number of nitrogens with zero attached hydrogens (tertiary/aromatic N) is 1. The Labute approximate surface area is 283 Å². The van der Waals surface area contributed by atoms with Gasteiger partial charge in [-0.05, 0) is 71.2 Å². The number of hydrogen-bond donors (Lipinski definition) is 3. The van der Waals surface area contributed by atoms with E-state index in [1.54, 1.807) is 20.8 Å². The van der Waals surface area contributed by atoms with Gasteiger partial charge in [0.15, 0.2) is 8.07 Å². The molecule has 0 radical (unpaired) electrons. The lowest BCUT2D eigenvalue weighted by Crippen LogP contribution is -2.72. The first kappa shape index (κ1) is 33.9. The van der Waals surface area contributed by atoms with Crippen molar-refractivity contribution in [2.24, 2.45) is 0 Å². The molecule has 2 amide bonds. The summed E-state index contributed by atoms with van der Waals surface area (Å²) in [5, 5.41) is 10.2. The third-order valence-electron chi connectivity index (χ3n) is 8.22. The van der Waals surface area contributed by atoms with Gasteiger partial charge in [-0.15, -0.1) is 0 Å². The Hall–Kier alpha value is -4.40. The molecule has 4 aromatic carbocycles. The van der Waals surface area contributed by atoms with Gasteiger partial charge in [0, 0.05) is 30.1 Å². The molecule has 47 heavy (non-hydrogen) atoms. The molecule has 0 saturated heterocycles. The zero-order valence-electron chi connectivity index (χ0n) is 27.9. The summed E-state index contributed by atoms with van der Waals surface area (Å²) in [4.78, 5) is 33.6. The molecule has 0 aliphatic rings. The van der Waals surface area contributed by atoms with Gasteiger partial charge in [-0.25, -0.2) is 9.78 Å². The van der Waals surface area contributed by atoms with Crippen LogP contribution in [0.1, 0.15) is 59.4 Å². The molecule has 0 bridgehead atoms. The molecule has 1 heterocycles. The van der Waals surface area contributed by atoms with Crippen LogP contribution in [0.3, 0.4) is 0 Å². The highest BCUT2D eigenvalue weighted by Gasteiger charge is 2.49. The molecule has 244 valence electrons. The molecule has 1 aromatic heterocycles. The number of hydrogen-bond acceptors (Lipinski definition) is 4. The van der Waals surface area contributed by atoms with Gasteiger partial charge in [0.05, 0.1) is 11.0 Å². The fourth-order valence-corrected chi connectivity index (χ4v) is 12.3. The lowest BCUT2D eigenvalue weighted by Gasteiger charge is -2.45. The first-order valence-electron chi connectivity index (χ1n) is 15.9. The van der Waals surface area contributed by atoms with Crippen molar-refractivity contribution in [3.8, 4) is 0 Å². The summed E-state index contributed by atoms with van der Waals surface area (Å²) in [5.74, 6) is 0.556. The first-order valence-corrected chi connectivity index (χ1v) is 18.3. The zero-order chi connectivity index (χ0) is 33.8. The molecule has 5 rings (SSSR count). The number of anilines is 1. The first-order chi connectivity index (χ1) is 22.3. The highest BCUT2D eigenvalue weighted by atomic mass is 35.5. The Morgan fingerprint density at radius 2 is 1.47 bits per heavy atom. The van der Waals surface area contributed by atoms with Crippen molar-refractivity contribution in [1.82, 2.24) is 15.3 Å². The maximum absolute atomic E-state index is 13.2. The van der Waals surface area contributed by atoms with Gasteiger partial charge in [0.25, 0.3) is 0 Å². The van der Waals surface area contributed by atoms with Crippen molar-refractivity contribution >= 4 is 64.0 Å². The molecular formula is C38H43ClN4O3Si. The summed E-state index contributed by atoms with van der Waals surface area (Å²) in [6.07, 6.45) is 0.00759. The Bertz CT molecular complexity index is 1820. The third-order valence-corrected chi connectivity index (χ3v) is 14.3. The number of nitrogens with one attached hydrogen (secondary N) is 3.